The fourth-order valence-corrected chi connectivity index (χ4v) is 16.7. The first-order valence-electron chi connectivity index (χ1n) is 26.0. The summed E-state index contributed by atoms with van der Waals surface area (Å²) in [4.78, 5) is 68.8. The van der Waals surface area contributed by atoms with Crippen LogP contribution in [0.5, 0.6) is 0 Å². The number of anilines is 4. The van der Waals surface area contributed by atoms with Gasteiger partial charge < -0.3 is 19.6 Å². The lowest BCUT2D eigenvalue weighted by Crippen LogP contribution is -2.79. The summed E-state index contributed by atoms with van der Waals surface area (Å²) >= 11 is 6.36. The van der Waals surface area contributed by atoms with Crippen LogP contribution in [0.1, 0.15) is 27.8 Å². The topological polar surface area (TPSA) is 156 Å². The van der Waals surface area contributed by atoms with Crippen LogP contribution in [-0.2, 0) is 42.0 Å². The molecule has 2 unspecified atom stereocenters. The van der Waals surface area contributed by atoms with Gasteiger partial charge in [-0.1, -0.05) is 90.5 Å². The van der Waals surface area contributed by atoms with E-state index in [4.69, 9.17) is 11.6 Å². The highest BCUT2D eigenvalue weighted by Gasteiger charge is 2.86. The summed E-state index contributed by atoms with van der Waals surface area (Å²) in [6.07, 6.45) is -11.2. The minimum atomic E-state index is -6.63. The highest BCUT2D eigenvalue weighted by molar-refractivity contribution is 7.88. The van der Waals surface area contributed by atoms with Crippen LogP contribution in [0.25, 0.3) is 0 Å². The molecule has 4 atom stereocenters. The van der Waals surface area contributed by atoms with Crippen molar-refractivity contribution in [3.05, 3.63) is 178 Å². The Kier molecular flexibility index (Phi) is 15.0. The summed E-state index contributed by atoms with van der Waals surface area (Å²) in [7, 11) is -13.3. The lowest BCUT2D eigenvalue weighted by Gasteiger charge is -2.41. The van der Waals surface area contributed by atoms with Gasteiger partial charge in [0.15, 0.2) is 25.2 Å². The Balaban J connectivity index is 1.24. The van der Waals surface area contributed by atoms with E-state index < -0.39 is 110 Å². The Morgan fingerprint density at radius 2 is 0.841 bits per heavy atom. The first-order valence-corrected chi connectivity index (χ1v) is 29.3. The van der Waals surface area contributed by atoms with Gasteiger partial charge in [-0.05, 0) is 104 Å². The third-order valence-corrected chi connectivity index (χ3v) is 20.7. The second-order valence-corrected chi connectivity index (χ2v) is 25.0. The van der Waals surface area contributed by atoms with Crippen molar-refractivity contribution in [2.24, 2.45) is 0 Å². The summed E-state index contributed by atoms with van der Waals surface area (Å²) in [5, 5.41) is 0.413. The van der Waals surface area contributed by atoms with Gasteiger partial charge in [-0.25, -0.2) is 9.80 Å². The Labute approximate surface area is 474 Å². The molecule has 16 nitrogen and oxygen atoms in total. The van der Waals surface area contributed by atoms with Crippen molar-refractivity contribution < 1.29 is 70.4 Å². The maximum Gasteiger partial charge on any atom is 0.490 e. The summed E-state index contributed by atoms with van der Waals surface area (Å²) in [6.45, 7) is 2.35. The van der Waals surface area contributed by atoms with E-state index in [9.17, 15) is 0 Å². The molecule has 82 heavy (non-hydrogen) atoms. The zero-order chi connectivity index (χ0) is 58.9. The number of quaternary nitrogens is 2. The van der Waals surface area contributed by atoms with Gasteiger partial charge in [0.25, 0.3) is 11.8 Å². The van der Waals surface area contributed by atoms with E-state index in [0.717, 1.165) is 46.6 Å². The zero-order valence-corrected chi connectivity index (χ0v) is 46.8. The highest BCUT2D eigenvalue weighted by atomic mass is 35.5. The SMILES string of the molecule is Cc1ccc(C)c(N2CCN(C(=O)[C@@H]3C[N@+]([N+]4(S(=O)(=O)c5ccccc5C(F)(F)F)CC(C(=O)N5CCN(c6cc(Cl)ccc6C)CC5)N(c5ccccc5)C4=O)(S(=O)(=O)c4ccccc4C(F)(F)F)C(=O)N3c3ccccc3)CC2)c1. The number of halogens is 7. The molecule has 0 aliphatic carbocycles. The molecule has 4 saturated heterocycles. The van der Waals surface area contributed by atoms with E-state index in [2.05, 4.69) is 0 Å². The Morgan fingerprint density at radius 1 is 0.488 bits per heavy atom. The number of urea groups is 2. The molecule has 6 aromatic carbocycles. The maximum atomic E-state index is 16.7. The van der Waals surface area contributed by atoms with Gasteiger partial charge in [-0.15, -0.1) is 0 Å². The second kappa shape index (κ2) is 21.4. The van der Waals surface area contributed by atoms with Crippen LogP contribution < -0.4 is 19.6 Å². The zero-order valence-electron chi connectivity index (χ0n) is 44.4. The molecule has 4 heterocycles. The second-order valence-electron chi connectivity index (χ2n) is 20.6. The molecule has 4 aliphatic rings. The molecular weight excluding hydrogens is 1140 g/mol. The molecule has 4 fully saturated rings. The predicted octanol–water partition coefficient (Wildman–Crippen LogP) is 9.64. The fraction of sp³-hybridized carbons (Fsp3) is 0.298. The Morgan fingerprint density at radius 3 is 1.23 bits per heavy atom. The maximum absolute atomic E-state index is 16.7. The van der Waals surface area contributed by atoms with E-state index in [1.165, 1.54) is 70.5 Å². The molecular formula is C57H55ClF6N8O8S2+2. The van der Waals surface area contributed by atoms with Crippen molar-refractivity contribution in [2.75, 3.05) is 85.0 Å². The number of sulfonamides is 2. The molecule has 430 valence electrons. The van der Waals surface area contributed by atoms with Gasteiger partial charge in [0.1, 0.15) is 9.79 Å². The smallest absolute Gasteiger partial charge is 0.368 e. The number of piperazine rings is 2. The Bertz CT molecular complexity index is 3490. The van der Waals surface area contributed by atoms with Crippen LogP contribution in [0.3, 0.4) is 0 Å². The number of alkyl halides is 6. The number of nitrogens with zero attached hydrogens (tertiary/aromatic N) is 8. The molecule has 10 rings (SSSR count). The van der Waals surface area contributed by atoms with E-state index in [-0.39, 0.29) is 63.7 Å². The standard InChI is InChI=1S/C57H55ClF6N8O8S2/c1-38-22-23-39(2)46(34-38)65-26-30-67(31-27-65)52(73)48-36-71(54(75)69(48)42-14-6-4-7-15-42,81(77,78)50-20-12-10-18-44(50)56(59,60)61)72(82(79,80)51-21-13-11-19-45(51)57(62,63)64)37-49(70(55(72)76)43-16-8-5-9-17-43)53(74)68-32-28-66(29-33-68)47-35-41(58)25-24-40(47)3/h4-25,34-35,48-49H,26-33,36-37H2,1-3H3/q+2/t48-,49?,71-,72?/m0/s1. The van der Waals surface area contributed by atoms with Gasteiger partial charge in [0.05, 0.1) is 22.5 Å². The Hall–Kier alpha value is -7.51. The van der Waals surface area contributed by atoms with Crippen LogP contribution >= 0.6 is 11.6 Å². The number of carbonyl (C=O) groups is 4. The first kappa shape index (κ1) is 57.7. The lowest BCUT2D eigenvalue weighted by atomic mass is 10.1. The van der Waals surface area contributed by atoms with Crippen LogP contribution in [0.4, 0.5) is 58.7 Å². The third-order valence-electron chi connectivity index (χ3n) is 15.8. The quantitative estimate of drug-likeness (QED) is 0.0905. The van der Waals surface area contributed by atoms with Crippen molar-refractivity contribution in [2.45, 2.75) is 55.0 Å². The summed E-state index contributed by atoms with van der Waals surface area (Å²) < 4.78 is 154. The molecule has 0 saturated carbocycles. The number of rotatable bonds is 11. The van der Waals surface area contributed by atoms with Crippen LogP contribution in [0.2, 0.25) is 5.02 Å². The van der Waals surface area contributed by atoms with Crippen molar-refractivity contribution in [1.29, 1.82) is 0 Å². The number of amides is 6. The number of hydrogen-bond acceptors (Lipinski definition) is 10. The summed E-state index contributed by atoms with van der Waals surface area (Å²) in [5.74, 6) is -2.08. The number of carbonyl (C=O) groups excluding carboxylic acids is 4. The van der Waals surface area contributed by atoms with Crippen molar-refractivity contribution in [1.82, 2.24) is 9.80 Å². The van der Waals surface area contributed by atoms with Gasteiger partial charge in [0, 0.05) is 76.8 Å². The minimum Gasteiger partial charge on any atom is -0.368 e. The van der Waals surface area contributed by atoms with Crippen molar-refractivity contribution in [3.8, 4) is 0 Å². The molecule has 6 aromatic rings. The van der Waals surface area contributed by atoms with Crippen molar-refractivity contribution in [3.63, 3.8) is 0 Å². The predicted molar refractivity (Wildman–Crippen MR) is 293 cm³/mol. The number of para-hydroxylation sites is 2. The molecule has 0 radical (unpaired) electrons. The molecule has 0 aromatic heterocycles. The van der Waals surface area contributed by atoms with Gasteiger partial charge >= 0.3 is 44.5 Å². The molecule has 0 N–H and O–H groups in total. The summed E-state index contributed by atoms with van der Waals surface area (Å²) in [6, 6.07) is 20.8. The average molecular weight is 1190 g/mol. The van der Waals surface area contributed by atoms with E-state index in [0.29, 0.717) is 44.8 Å². The minimum absolute atomic E-state index is 0.0954. The molecule has 0 bridgehead atoms. The van der Waals surface area contributed by atoms with Crippen LogP contribution in [-0.4, -0.2) is 136 Å². The van der Waals surface area contributed by atoms with E-state index in [1.807, 2.05) is 48.8 Å². The van der Waals surface area contributed by atoms with Gasteiger partial charge in [0.2, 0.25) is 0 Å². The highest BCUT2D eigenvalue weighted by Crippen LogP contribution is 2.53. The molecule has 6 amide bonds. The fourth-order valence-electron chi connectivity index (χ4n) is 11.7. The lowest BCUT2D eigenvalue weighted by molar-refractivity contribution is -1.30. The number of benzene rings is 6. The third kappa shape index (κ3) is 9.50. The molecule has 4 aliphatic heterocycles. The van der Waals surface area contributed by atoms with Gasteiger partial charge in [-0.2, -0.15) is 52.8 Å². The average Bonchev–Trinajstić information content (AvgIpc) is 2.58. The number of aryl methyl sites for hydroxylation is 3. The molecule has 25 heteroatoms. The van der Waals surface area contributed by atoms with Crippen molar-refractivity contribution >= 4 is 78.3 Å². The largest absolute Gasteiger partial charge is 0.490 e. The van der Waals surface area contributed by atoms with E-state index >= 15 is 62.4 Å². The monoisotopic (exact) mass is 1190 g/mol. The van der Waals surface area contributed by atoms with Crippen LogP contribution in [0, 0.1) is 20.8 Å². The number of hydrogen-bond donors (Lipinski definition) is 0. The first-order chi connectivity index (χ1) is 38.8. The van der Waals surface area contributed by atoms with E-state index in [1.54, 1.807) is 18.2 Å². The molecule has 0 spiro atoms. The normalized spacial score (nSPS) is 22.1. The summed E-state index contributed by atoms with van der Waals surface area (Å²) in [5.41, 5.74) is -0.260. The van der Waals surface area contributed by atoms with Crippen LogP contribution in [0.15, 0.2) is 155 Å². The van der Waals surface area contributed by atoms with Gasteiger partial charge in [-0.3, -0.25) is 9.59 Å².